The van der Waals surface area contributed by atoms with Crippen LogP contribution < -0.4 is 9.80 Å². The van der Waals surface area contributed by atoms with E-state index in [0.717, 1.165) is 46.9 Å². The topological polar surface area (TPSA) is 115 Å². The highest BCUT2D eigenvalue weighted by atomic mass is 16.5. The zero-order chi connectivity index (χ0) is 27.1. The van der Waals surface area contributed by atoms with E-state index in [1.165, 1.54) is 6.92 Å². The number of urea groups is 1. The molecule has 3 aromatic heterocycles. The molecule has 204 valence electrons. The second-order valence-corrected chi connectivity index (χ2v) is 10.4. The van der Waals surface area contributed by atoms with E-state index in [0.29, 0.717) is 51.2 Å². The summed E-state index contributed by atoms with van der Waals surface area (Å²) in [6.45, 7) is 5.96. The van der Waals surface area contributed by atoms with Crippen molar-refractivity contribution in [2.24, 2.45) is 0 Å². The number of hydrogen-bond donors (Lipinski definition) is 1. The maximum atomic E-state index is 13.6. The highest BCUT2D eigenvalue weighted by Gasteiger charge is 2.38. The number of nitrogens with zero attached hydrogens (tertiary/aromatic N) is 7. The molecule has 0 aliphatic carbocycles. The number of carbonyl (C=O) groups is 2. The molecule has 11 heteroatoms. The number of piperidine rings is 1. The highest BCUT2D eigenvalue weighted by molar-refractivity contribution is 6.04. The van der Waals surface area contributed by atoms with E-state index >= 15 is 0 Å². The van der Waals surface area contributed by atoms with Gasteiger partial charge in [0.05, 0.1) is 36.7 Å². The molecule has 1 atom stereocenters. The molecule has 3 aromatic rings. The number of morpholine rings is 1. The molecule has 39 heavy (non-hydrogen) atoms. The Labute approximate surface area is 227 Å². The van der Waals surface area contributed by atoms with Crippen molar-refractivity contribution in [1.29, 1.82) is 0 Å². The van der Waals surface area contributed by atoms with Gasteiger partial charge in [-0.1, -0.05) is 0 Å². The summed E-state index contributed by atoms with van der Waals surface area (Å²) in [6, 6.07) is 7.74. The normalized spacial score (nSPS) is 19.4. The lowest BCUT2D eigenvalue weighted by atomic mass is 9.99. The number of amides is 3. The van der Waals surface area contributed by atoms with Crippen molar-refractivity contribution in [3.8, 4) is 11.3 Å². The van der Waals surface area contributed by atoms with Gasteiger partial charge in [0.1, 0.15) is 17.4 Å². The van der Waals surface area contributed by atoms with Crippen LogP contribution in [0.5, 0.6) is 0 Å². The summed E-state index contributed by atoms with van der Waals surface area (Å²) in [7, 11) is 1.79. The van der Waals surface area contributed by atoms with Crippen LogP contribution in [0.2, 0.25) is 0 Å². The number of likely N-dealkylation sites (tertiary alicyclic amines) is 1. The van der Waals surface area contributed by atoms with E-state index in [1.807, 2.05) is 41.6 Å². The number of ether oxygens (including phenoxy) is 1. The van der Waals surface area contributed by atoms with Crippen LogP contribution in [0.25, 0.3) is 22.3 Å². The van der Waals surface area contributed by atoms with Gasteiger partial charge in [0.2, 0.25) is 0 Å². The van der Waals surface area contributed by atoms with Gasteiger partial charge in [0.25, 0.3) is 5.91 Å². The molecule has 3 aliphatic heterocycles. The molecular formula is C28H33N7O4. The lowest BCUT2D eigenvalue weighted by Gasteiger charge is -2.43. The third-order valence-corrected chi connectivity index (χ3v) is 7.82. The van der Waals surface area contributed by atoms with Crippen LogP contribution in [0.4, 0.5) is 16.3 Å². The fourth-order valence-corrected chi connectivity index (χ4v) is 5.70. The minimum absolute atomic E-state index is 0.0842. The average Bonchev–Trinajstić information content (AvgIpc) is 2.98. The van der Waals surface area contributed by atoms with E-state index in [2.05, 4.69) is 14.9 Å². The molecule has 6 heterocycles. The summed E-state index contributed by atoms with van der Waals surface area (Å²) in [5.41, 5.74) is 4.80. The predicted octanol–water partition coefficient (Wildman–Crippen LogP) is 2.27. The van der Waals surface area contributed by atoms with Crippen LogP contribution in [0, 0.1) is 0 Å². The molecule has 1 N–H and O–H groups in total. The molecule has 0 spiro atoms. The Balaban J connectivity index is 1.34. The first-order chi connectivity index (χ1) is 18.9. The van der Waals surface area contributed by atoms with Gasteiger partial charge in [-0.3, -0.25) is 14.7 Å². The van der Waals surface area contributed by atoms with Crippen molar-refractivity contribution in [1.82, 2.24) is 24.8 Å². The van der Waals surface area contributed by atoms with Crippen LogP contribution in [0.3, 0.4) is 0 Å². The van der Waals surface area contributed by atoms with Crippen molar-refractivity contribution in [2.45, 2.75) is 38.5 Å². The van der Waals surface area contributed by atoms with Crippen LogP contribution in [0.15, 0.2) is 36.7 Å². The second-order valence-electron chi connectivity index (χ2n) is 10.4. The quantitative estimate of drug-likeness (QED) is 0.545. The van der Waals surface area contributed by atoms with Gasteiger partial charge >= 0.3 is 6.03 Å². The fraction of sp³-hybridized carbons (Fsp3) is 0.464. The molecule has 2 fully saturated rings. The van der Waals surface area contributed by atoms with Gasteiger partial charge in [-0.05, 0) is 44.0 Å². The van der Waals surface area contributed by atoms with Gasteiger partial charge in [0.15, 0.2) is 0 Å². The van der Waals surface area contributed by atoms with Crippen LogP contribution in [0.1, 0.15) is 25.3 Å². The van der Waals surface area contributed by atoms with Crippen molar-refractivity contribution in [2.75, 3.05) is 56.2 Å². The molecule has 2 saturated heterocycles. The molecule has 3 aliphatic rings. The average molecular weight is 532 g/mol. The van der Waals surface area contributed by atoms with Crippen LogP contribution >= 0.6 is 0 Å². The van der Waals surface area contributed by atoms with Gasteiger partial charge in [0, 0.05) is 62.8 Å². The van der Waals surface area contributed by atoms with E-state index in [1.54, 1.807) is 16.8 Å². The molecule has 11 nitrogen and oxygen atoms in total. The summed E-state index contributed by atoms with van der Waals surface area (Å²) in [4.78, 5) is 47.7. The Morgan fingerprint density at radius 2 is 1.82 bits per heavy atom. The number of hydrogen-bond acceptors (Lipinski definition) is 8. The third kappa shape index (κ3) is 4.76. The van der Waals surface area contributed by atoms with E-state index < -0.39 is 6.10 Å². The number of aliphatic hydroxyl groups excluding tert-OH is 1. The molecule has 0 saturated carbocycles. The van der Waals surface area contributed by atoms with Crippen molar-refractivity contribution < 1.29 is 19.4 Å². The number of anilines is 2. The van der Waals surface area contributed by atoms with E-state index in [4.69, 9.17) is 9.72 Å². The standard InChI is InChI=1S/C28H33N7O4/c1-18(36)27(37)34-9-7-21(8-10-34)35-26-20(17-32(2)28(35)38)16-29-23-5-4-22(31-25(23)26)19-3-6-24(30-15-19)33-11-13-39-14-12-33/h3-6,15-16,18,21,36H,7-14,17H2,1-2H3/t18-/m0/s1. The Morgan fingerprint density at radius 1 is 1.05 bits per heavy atom. The van der Waals surface area contributed by atoms with Gasteiger partial charge in [-0.15, -0.1) is 0 Å². The maximum absolute atomic E-state index is 13.6. The predicted molar refractivity (Wildman–Crippen MR) is 146 cm³/mol. The summed E-state index contributed by atoms with van der Waals surface area (Å²) in [5, 5.41) is 9.73. The van der Waals surface area contributed by atoms with Crippen molar-refractivity contribution in [3.63, 3.8) is 0 Å². The number of fused-ring (bicyclic) bond motifs is 3. The Hall–Kier alpha value is -3.83. The Morgan fingerprint density at radius 3 is 2.51 bits per heavy atom. The van der Waals surface area contributed by atoms with Gasteiger partial charge in [-0.25, -0.2) is 14.8 Å². The molecule has 0 bridgehead atoms. The zero-order valence-electron chi connectivity index (χ0n) is 22.3. The van der Waals surface area contributed by atoms with Crippen LogP contribution in [-0.4, -0.2) is 100 Å². The van der Waals surface area contributed by atoms with E-state index in [-0.39, 0.29) is 18.0 Å². The molecule has 0 aromatic carbocycles. The summed E-state index contributed by atoms with van der Waals surface area (Å²) in [5.74, 6) is 0.646. The third-order valence-electron chi connectivity index (χ3n) is 7.82. The second kappa shape index (κ2) is 10.4. The fourth-order valence-electron chi connectivity index (χ4n) is 5.70. The Bertz CT molecular complexity index is 1380. The minimum Gasteiger partial charge on any atom is -0.384 e. The zero-order valence-corrected chi connectivity index (χ0v) is 22.3. The number of aromatic nitrogens is 3. The largest absolute Gasteiger partial charge is 0.384 e. The molecule has 6 rings (SSSR count). The van der Waals surface area contributed by atoms with Gasteiger partial charge in [-0.2, -0.15) is 0 Å². The molecule has 0 unspecified atom stereocenters. The molecule has 3 amide bonds. The monoisotopic (exact) mass is 531 g/mol. The van der Waals surface area contributed by atoms with Crippen molar-refractivity contribution >= 4 is 34.5 Å². The highest BCUT2D eigenvalue weighted by Crippen LogP contribution is 2.38. The smallest absolute Gasteiger partial charge is 0.324 e. The Kier molecular flexibility index (Phi) is 6.78. The van der Waals surface area contributed by atoms with E-state index in [9.17, 15) is 14.7 Å². The molecular weight excluding hydrogens is 498 g/mol. The summed E-state index contributed by atoms with van der Waals surface area (Å²) in [6.07, 6.45) is 3.88. The summed E-state index contributed by atoms with van der Waals surface area (Å²) >= 11 is 0. The molecule has 0 radical (unpaired) electrons. The van der Waals surface area contributed by atoms with Crippen LogP contribution in [-0.2, 0) is 16.1 Å². The van der Waals surface area contributed by atoms with Crippen molar-refractivity contribution in [3.05, 3.63) is 42.2 Å². The lowest BCUT2D eigenvalue weighted by molar-refractivity contribution is -0.140. The summed E-state index contributed by atoms with van der Waals surface area (Å²) < 4.78 is 5.45. The number of carbonyl (C=O) groups excluding carboxylic acids is 2. The lowest BCUT2D eigenvalue weighted by Crippen LogP contribution is -2.55. The maximum Gasteiger partial charge on any atom is 0.324 e. The number of pyridine rings is 3. The first-order valence-electron chi connectivity index (χ1n) is 13.5. The first kappa shape index (κ1) is 25.4. The minimum atomic E-state index is -1.03. The number of rotatable bonds is 4. The SMILES string of the molecule is C[C@H](O)C(=O)N1CCC(N2C(=O)N(C)Cc3cnc4ccc(-c5ccc(N6CCOCC6)nc5)nc4c32)CC1. The first-order valence-corrected chi connectivity index (χ1v) is 13.5. The number of aliphatic hydroxyl groups is 1. The van der Waals surface area contributed by atoms with Gasteiger partial charge < -0.3 is 24.5 Å².